The maximum absolute atomic E-state index is 12.1. The predicted molar refractivity (Wildman–Crippen MR) is 80.2 cm³/mol. The maximum atomic E-state index is 12.1. The Morgan fingerprint density at radius 3 is 2.71 bits per heavy atom. The molecule has 3 fully saturated rings. The van der Waals surface area contributed by atoms with Crippen LogP contribution in [0.2, 0.25) is 0 Å². The van der Waals surface area contributed by atoms with Crippen LogP contribution in [0.4, 0.5) is 0 Å². The Hall–Kier alpha value is -0.650. The van der Waals surface area contributed by atoms with Crippen LogP contribution in [0.5, 0.6) is 0 Å². The van der Waals surface area contributed by atoms with E-state index in [4.69, 9.17) is 9.47 Å². The molecule has 0 aromatic carbocycles. The highest BCUT2D eigenvalue weighted by Gasteiger charge is 2.33. The van der Waals surface area contributed by atoms with Crippen molar-refractivity contribution in [3.05, 3.63) is 0 Å². The second-order valence-corrected chi connectivity index (χ2v) is 6.51. The number of carbonyl (C=O) groups is 1. The van der Waals surface area contributed by atoms with Crippen LogP contribution < -0.4 is 0 Å². The van der Waals surface area contributed by atoms with Crippen LogP contribution in [0, 0.1) is 5.92 Å². The molecular formula is C16H28N2O3. The third-order valence-corrected chi connectivity index (χ3v) is 5.15. The SMILES string of the molecule is O=C(COC[C@@H]1CCCN2CCCC[C@@H]12)N1CCOCC1. The Balaban J connectivity index is 1.40. The van der Waals surface area contributed by atoms with Gasteiger partial charge >= 0.3 is 0 Å². The minimum Gasteiger partial charge on any atom is -0.378 e. The first-order valence-electron chi connectivity index (χ1n) is 8.52. The van der Waals surface area contributed by atoms with Crippen LogP contribution in [-0.2, 0) is 14.3 Å². The fourth-order valence-electron chi connectivity index (χ4n) is 3.97. The van der Waals surface area contributed by atoms with E-state index < -0.39 is 0 Å². The summed E-state index contributed by atoms with van der Waals surface area (Å²) >= 11 is 0. The van der Waals surface area contributed by atoms with Crippen molar-refractivity contribution in [1.29, 1.82) is 0 Å². The molecule has 0 aromatic heterocycles. The van der Waals surface area contributed by atoms with Gasteiger partial charge in [-0.1, -0.05) is 6.42 Å². The molecule has 120 valence electrons. The molecule has 0 N–H and O–H groups in total. The first-order chi connectivity index (χ1) is 10.3. The van der Waals surface area contributed by atoms with E-state index in [1.54, 1.807) is 0 Å². The Morgan fingerprint density at radius 2 is 1.86 bits per heavy atom. The molecule has 3 saturated heterocycles. The molecular weight excluding hydrogens is 268 g/mol. The second kappa shape index (κ2) is 7.56. The van der Waals surface area contributed by atoms with Crippen LogP contribution in [-0.4, -0.2) is 74.4 Å². The van der Waals surface area contributed by atoms with Crippen molar-refractivity contribution in [2.75, 3.05) is 52.6 Å². The molecule has 3 aliphatic heterocycles. The van der Waals surface area contributed by atoms with E-state index in [1.807, 2.05) is 4.90 Å². The lowest BCUT2D eigenvalue weighted by atomic mass is 9.84. The molecule has 3 heterocycles. The molecule has 1 amide bonds. The van der Waals surface area contributed by atoms with E-state index in [9.17, 15) is 4.79 Å². The molecule has 0 saturated carbocycles. The fraction of sp³-hybridized carbons (Fsp3) is 0.938. The Kier molecular flexibility index (Phi) is 5.49. The van der Waals surface area contributed by atoms with Gasteiger partial charge in [-0.05, 0) is 44.7 Å². The van der Waals surface area contributed by atoms with Gasteiger partial charge in [0.1, 0.15) is 6.61 Å². The molecule has 0 aliphatic carbocycles. The number of ether oxygens (including phenoxy) is 2. The van der Waals surface area contributed by atoms with Gasteiger partial charge in [0, 0.05) is 19.1 Å². The van der Waals surface area contributed by atoms with E-state index in [0.717, 1.165) is 6.61 Å². The van der Waals surface area contributed by atoms with Crippen LogP contribution in [0.1, 0.15) is 32.1 Å². The lowest BCUT2D eigenvalue weighted by molar-refractivity contribution is -0.141. The minimum atomic E-state index is 0.120. The average molecular weight is 296 g/mol. The first-order valence-corrected chi connectivity index (χ1v) is 8.52. The molecule has 0 bridgehead atoms. The van der Waals surface area contributed by atoms with E-state index in [0.29, 0.717) is 38.3 Å². The maximum Gasteiger partial charge on any atom is 0.248 e. The highest BCUT2D eigenvalue weighted by Crippen LogP contribution is 2.30. The molecule has 0 aromatic rings. The molecule has 21 heavy (non-hydrogen) atoms. The molecule has 0 radical (unpaired) electrons. The van der Waals surface area contributed by atoms with Gasteiger partial charge in [0.15, 0.2) is 0 Å². The summed E-state index contributed by atoms with van der Waals surface area (Å²) in [6, 6.07) is 0.700. The quantitative estimate of drug-likeness (QED) is 0.780. The van der Waals surface area contributed by atoms with Crippen LogP contribution >= 0.6 is 0 Å². The number of nitrogens with zero attached hydrogens (tertiary/aromatic N) is 2. The minimum absolute atomic E-state index is 0.120. The van der Waals surface area contributed by atoms with Gasteiger partial charge in [0.25, 0.3) is 0 Å². The third-order valence-electron chi connectivity index (χ3n) is 5.15. The largest absolute Gasteiger partial charge is 0.378 e. The summed E-state index contributed by atoms with van der Waals surface area (Å²) in [6.07, 6.45) is 6.55. The van der Waals surface area contributed by atoms with Crippen molar-refractivity contribution in [2.45, 2.75) is 38.1 Å². The van der Waals surface area contributed by atoms with Gasteiger partial charge in [0.05, 0.1) is 19.8 Å². The predicted octanol–water partition coefficient (Wildman–Crippen LogP) is 1.13. The first kappa shape index (κ1) is 15.3. The van der Waals surface area contributed by atoms with Gasteiger partial charge in [-0.15, -0.1) is 0 Å². The Labute approximate surface area is 127 Å². The van der Waals surface area contributed by atoms with Crippen molar-refractivity contribution < 1.29 is 14.3 Å². The van der Waals surface area contributed by atoms with Crippen molar-refractivity contribution in [3.63, 3.8) is 0 Å². The van der Waals surface area contributed by atoms with Crippen molar-refractivity contribution in [2.24, 2.45) is 5.92 Å². The molecule has 5 nitrogen and oxygen atoms in total. The monoisotopic (exact) mass is 296 g/mol. The van der Waals surface area contributed by atoms with E-state index in [2.05, 4.69) is 4.90 Å². The highest BCUT2D eigenvalue weighted by molar-refractivity contribution is 5.77. The van der Waals surface area contributed by atoms with Crippen LogP contribution in [0.25, 0.3) is 0 Å². The zero-order chi connectivity index (χ0) is 14.5. The van der Waals surface area contributed by atoms with Gasteiger partial charge in [-0.2, -0.15) is 0 Å². The average Bonchev–Trinajstić information content (AvgIpc) is 2.56. The summed E-state index contributed by atoms with van der Waals surface area (Å²) in [7, 11) is 0. The summed E-state index contributed by atoms with van der Waals surface area (Å²) in [4.78, 5) is 16.6. The molecule has 0 unspecified atom stereocenters. The van der Waals surface area contributed by atoms with Crippen LogP contribution in [0.15, 0.2) is 0 Å². The Bertz CT molecular complexity index is 342. The zero-order valence-electron chi connectivity index (χ0n) is 13.0. The number of hydrogen-bond donors (Lipinski definition) is 0. The smallest absolute Gasteiger partial charge is 0.248 e. The van der Waals surface area contributed by atoms with Gasteiger partial charge < -0.3 is 19.3 Å². The summed E-state index contributed by atoms with van der Waals surface area (Å²) in [5.41, 5.74) is 0. The number of rotatable bonds is 4. The molecule has 2 atom stereocenters. The van der Waals surface area contributed by atoms with Crippen molar-refractivity contribution >= 4 is 5.91 Å². The standard InChI is InChI=1S/C16H28N2O3/c19-16(18-8-10-20-11-9-18)13-21-12-14-4-3-7-17-6-2-1-5-15(14)17/h14-15H,1-13H2/t14-,15-/m0/s1. The summed E-state index contributed by atoms with van der Waals surface area (Å²) < 4.78 is 11.0. The lowest BCUT2D eigenvalue weighted by Crippen LogP contribution is -2.49. The third kappa shape index (κ3) is 3.96. The van der Waals surface area contributed by atoms with E-state index in [1.165, 1.54) is 45.2 Å². The molecule has 0 spiro atoms. The number of carbonyl (C=O) groups excluding carboxylic acids is 1. The number of fused-ring (bicyclic) bond motifs is 1. The number of hydrogen-bond acceptors (Lipinski definition) is 4. The lowest BCUT2D eigenvalue weighted by Gasteiger charge is -2.44. The van der Waals surface area contributed by atoms with Gasteiger partial charge in [-0.3, -0.25) is 4.79 Å². The molecule has 3 rings (SSSR count). The normalized spacial score (nSPS) is 31.0. The van der Waals surface area contributed by atoms with E-state index in [-0.39, 0.29) is 12.5 Å². The molecule has 5 heteroatoms. The number of amides is 1. The highest BCUT2D eigenvalue weighted by atomic mass is 16.5. The Morgan fingerprint density at radius 1 is 1.05 bits per heavy atom. The number of morpholine rings is 1. The topological polar surface area (TPSA) is 42.0 Å². The van der Waals surface area contributed by atoms with Gasteiger partial charge in [-0.25, -0.2) is 0 Å². The summed E-state index contributed by atoms with van der Waals surface area (Å²) in [5, 5.41) is 0. The molecule has 3 aliphatic rings. The van der Waals surface area contributed by atoms with Crippen LogP contribution in [0.3, 0.4) is 0 Å². The summed E-state index contributed by atoms with van der Waals surface area (Å²) in [6.45, 7) is 6.24. The van der Waals surface area contributed by atoms with Crippen molar-refractivity contribution in [1.82, 2.24) is 9.80 Å². The second-order valence-electron chi connectivity index (χ2n) is 6.51. The summed E-state index contributed by atoms with van der Waals surface area (Å²) in [5.74, 6) is 0.742. The number of piperidine rings is 2. The van der Waals surface area contributed by atoms with E-state index >= 15 is 0 Å². The fourth-order valence-corrected chi connectivity index (χ4v) is 3.97. The van der Waals surface area contributed by atoms with Gasteiger partial charge in [0.2, 0.25) is 5.91 Å². The van der Waals surface area contributed by atoms with Crippen molar-refractivity contribution in [3.8, 4) is 0 Å². The zero-order valence-corrected chi connectivity index (χ0v) is 13.0.